The molecule has 0 atom stereocenters. The number of thiazole rings is 1. The summed E-state index contributed by atoms with van der Waals surface area (Å²) in [6.07, 6.45) is 1.53. The first kappa shape index (κ1) is 16.9. The van der Waals surface area contributed by atoms with Gasteiger partial charge in [-0.05, 0) is 32.0 Å². The van der Waals surface area contributed by atoms with Gasteiger partial charge in [-0.2, -0.15) is 0 Å². The van der Waals surface area contributed by atoms with Crippen molar-refractivity contribution >= 4 is 33.8 Å². The van der Waals surface area contributed by atoms with E-state index in [9.17, 15) is 13.6 Å². The van der Waals surface area contributed by atoms with Gasteiger partial charge in [0.1, 0.15) is 28.3 Å². The number of halogens is 2. The number of anilines is 3. The molecule has 2 N–H and O–H groups in total. The van der Waals surface area contributed by atoms with Crippen LogP contribution in [0.3, 0.4) is 0 Å². The van der Waals surface area contributed by atoms with E-state index in [4.69, 9.17) is 0 Å². The monoisotopic (exact) mass is 361 g/mol. The lowest BCUT2D eigenvalue weighted by atomic mass is 10.3. The number of benzene rings is 1. The first-order valence-corrected chi connectivity index (χ1v) is 8.04. The molecule has 0 unspecified atom stereocenters. The van der Waals surface area contributed by atoms with E-state index in [1.54, 1.807) is 19.9 Å². The van der Waals surface area contributed by atoms with Crippen LogP contribution in [0.25, 0.3) is 0 Å². The Hall–Kier alpha value is -2.94. The maximum atomic E-state index is 13.3. The number of aromatic nitrogens is 3. The van der Waals surface area contributed by atoms with Crippen molar-refractivity contribution in [1.29, 1.82) is 0 Å². The highest BCUT2D eigenvalue weighted by Gasteiger charge is 2.18. The van der Waals surface area contributed by atoms with E-state index in [2.05, 4.69) is 25.6 Å². The van der Waals surface area contributed by atoms with Crippen molar-refractivity contribution in [2.24, 2.45) is 0 Å². The highest BCUT2D eigenvalue weighted by atomic mass is 32.1. The van der Waals surface area contributed by atoms with Crippen molar-refractivity contribution in [2.75, 3.05) is 10.6 Å². The molecule has 0 saturated carbocycles. The number of rotatable bonds is 4. The average molecular weight is 361 g/mol. The van der Waals surface area contributed by atoms with Crippen LogP contribution in [0.15, 0.2) is 30.5 Å². The Morgan fingerprint density at radius 3 is 2.52 bits per heavy atom. The molecule has 0 fully saturated rings. The molecule has 1 aromatic carbocycles. The maximum absolute atomic E-state index is 13.3. The van der Waals surface area contributed by atoms with Crippen LogP contribution in [0.1, 0.15) is 21.3 Å². The minimum Gasteiger partial charge on any atom is -0.345 e. The minimum absolute atomic E-state index is 0.114. The Morgan fingerprint density at radius 2 is 1.84 bits per heavy atom. The van der Waals surface area contributed by atoms with Gasteiger partial charge in [0, 0.05) is 18.0 Å². The smallest absolute Gasteiger partial charge is 0.278 e. The second-order valence-electron chi connectivity index (χ2n) is 5.14. The summed E-state index contributed by atoms with van der Waals surface area (Å²) < 4.78 is 26.7. The lowest BCUT2D eigenvalue weighted by Crippen LogP contribution is -2.15. The molecule has 0 aliphatic carbocycles. The van der Waals surface area contributed by atoms with Gasteiger partial charge < -0.3 is 10.6 Å². The molecule has 3 rings (SSSR count). The molecule has 128 valence electrons. The second-order valence-corrected chi connectivity index (χ2v) is 6.34. The van der Waals surface area contributed by atoms with Gasteiger partial charge in [-0.25, -0.2) is 23.7 Å². The fourth-order valence-corrected chi connectivity index (χ4v) is 2.96. The predicted octanol–water partition coefficient (Wildman–Crippen LogP) is 3.82. The Morgan fingerprint density at radius 1 is 1.12 bits per heavy atom. The summed E-state index contributed by atoms with van der Waals surface area (Å²) in [5.41, 5.74) is 0.302. The Labute approximate surface area is 146 Å². The summed E-state index contributed by atoms with van der Waals surface area (Å²) in [6.45, 7) is 3.43. The Kier molecular flexibility index (Phi) is 4.66. The quantitative estimate of drug-likeness (QED) is 0.738. The van der Waals surface area contributed by atoms with Crippen LogP contribution in [0.4, 0.5) is 25.3 Å². The zero-order chi connectivity index (χ0) is 18.0. The summed E-state index contributed by atoms with van der Waals surface area (Å²) >= 11 is 1.20. The van der Waals surface area contributed by atoms with Gasteiger partial charge >= 0.3 is 0 Å². The lowest BCUT2D eigenvalue weighted by molar-refractivity contribution is 0.102. The first-order valence-electron chi connectivity index (χ1n) is 7.22. The zero-order valence-corrected chi connectivity index (χ0v) is 14.1. The van der Waals surface area contributed by atoms with Crippen LogP contribution in [0, 0.1) is 25.5 Å². The molecule has 3 aromatic rings. The predicted molar refractivity (Wildman–Crippen MR) is 91.2 cm³/mol. The molecular formula is C16H13F2N5OS. The van der Waals surface area contributed by atoms with Gasteiger partial charge in [-0.15, -0.1) is 11.3 Å². The topological polar surface area (TPSA) is 79.8 Å². The molecule has 1 amide bonds. The maximum Gasteiger partial charge on any atom is 0.278 e. The Bertz CT molecular complexity index is 924. The van der Waals surface area contributed by atoms with E-state index in [0.717, 1.165) is 18.2 Å². The number of hydrogen-bond acceptors (Lipinski definition) is 6. The summed E-state index contributed by atoms with van der Waals surface area (Å²) in [5, 5.41) is 6.47. The zero-order valence-electron chi connectivity index (χ0n) is 13.3. The third-order valence-electron chi connectivity index (χ3n) is 3.09. The fraction of sp³-hybridized carbons (Fsp3) is 0.125. The number of carbonyl (C=O) groups excluding carboxylic acids is 1. The third-order valence-corrected chi connectivity index (χ3v) is 3.97. The van der Waals surface area contributed by atoms with E-state index < -0.39 is 17.5 Å². The van der Waals surface area contributed by atoms with Gasteiger partial charge in [0.25, 0.3) is 5.91 Å². The highest BCUT2D eigenvalue weighted by molar-refractivity contribution is 7.16. The van der Waals surface area contributed by atoms with E-state index in [1.807, 2.05) is 0 Å². The van der Waals surface area contributed by atoms with E-state index >= 15 is 0 Å². The van der Waals surface area contributed by atoms with Crippen molar-refractivity contribution in [3.63, 3.8) is 0 Å². The highest BCUT2D eigenvalue weighted by Crippen LogP contribution is 2.29. The van der Waals surface area contributed by atoms with E-state index in [0.29, 0.717) is 21.7 Å². The molecule has 2 aromatic heterocycles. The largest absolute Gasteiger partial charge is 0.345 e. The van der Waals surface area contributed by atoms with Crippen LogP contribution in [-0.4, -0.2) is 20.9 Å². The molecule has 9 heteroatoms. The van der Waals surface area contributed by atoms with Gasteiger partial charge in [-0.1, -0.05) is 0 Å². The second kappa shape index (κ2) is 6.89. The lowest BCUT2D eigenvalue weighted by Gasteiger charge is -2.07. The van der Waals surface area contributed by atoms with Gasteiger partial charge in [0.2, 0.25) is 0 Å². The molecule has 0 aliphatic rings. The molecule has 6 nitrogen and oxygen atoms in total. The molecular weight excluding hydrogens is 348 g/mol. The van der Waals surface area contributed by atoms with Crippen molar-refractivity contribution < 1.29 is 13.6 Å². The summed E-state index contributed by atoms with van der Waals surface area (Å²) in [4.78, 5) is 24.7. The molecule has 25 heavy (non-hydrogen) atoms. The minimum atomic E-state index is -0.716. The van der Waals surface area contributed by atoms with Crippen LogP contribution in [0.2, 0.25) is 0 Å². The summed E-state index contributed by atoms with van der Waals surface area (Å²) in [7, 11) is 0. The molecule has 2 heterocycles. The normalized spacial score (nSPS) is 10.6. The number of hydrogen-bond donors (Lipinski definition) is 2. The van der Waals surface area contributed by atoms with Gasteiger partial charge in [0.05, 0.1) is 5.01 Å². The van der Waals surface area contributed by atoms with Crippen LogP contribution in [-0.2, 0) is 0 Å². The van der Waals surface area contributed by atoms with Crippen molar-refractivity contribution in [3.05, 3.63) is 58.6 Å². The molecule has 0 radical (unpaired) electrons. The third kappa shape index (κ3) is 4.13. The van der Waals surface area contributed by atoms with Crippen LogP contribution >= 0.6 is 11.3 Å². The average Bonchev–Trinajstić information content (AvgIpc) is 2.87. The molecule has 0 spiro atoms. The van der Waals surface area contributed by atoms with Crippen molar-refractivity contribution in [1.82, 2.24) is 15.0 Å². The van der Waals surface area contributed by atoms with E-state index in [1.165, 1.54) is 17.5 Å². The van der Waals surface area contributed by atoms with E-state index in [-0.39, 0.29) is 11.4 Å². The Balaban J connectivity index is 1.86. The van der Waals surface area contributed by atoms with Crippen molar-refractivity contribution in [3.8, 4) is 0 Å². The fourth-order valence-electron chi connectivity index (χ4n) is 2.12. The SMILES string of the molecule is Cc1nccc(NC(=O)c2nc(C)sc2Nc2cc(F)cc(F)c2)n1. The first-order chi connectivity index (χ1) is 11.9. The summed E-state index contributed by atoms with van der Waals surface area (Å²) in [6, 6.07) is 4.59. The van der Waals surface area contributed by atoms with Crippen LogP contribution in [0.5, 0.6) is 0 Å². The van der Waals surface area contributed by atoms with Crippen molar-refractivity contribution in [2.45, 2.75) is 13.8 Å². The standard InChI is InChI=1S/C16H13F2N5OS/c1-8-19-4-3-13(20-8)23-15(24)14-16(25-9(2)21-14)22-12-6-10(17)5-11(18)7-12/h3-7,22H,1-2H3,(H,19,20,23,24). The molecule has 0 bridgehead atoms. The van der Waals surface area contributed by atoms with Crippen LogP contribution < -0.4 is 10.6 Å². The molecule has 0 saturated heterocycles. The number of aryl methyl sites for hydroxylation is 2. The molecule has 0 aliphatic heterocycles. The number of nitrogens with zero attached hydrogens (tertiary/aromatic N) is 3. The number of nitrogens with one attached hydrogen (secondary N) is 2. The number of amides is 1. The number of carbonyl (C=O) groups is 1. The van der Waals surface area contributed by atoms with Gasteiger partial charge in [-0.3, -0.25) is 4.79 Å². The van der Waals surface area contributed by atoms with Gasteiger partial charge in [0.15, 0.2) is 5.69 Å². The summed E-state index contributed by atoms with van der Waals surface area (Å²) in [5.74, 6) is -1.06.